The van der Waals surface area contributed by atoms with Crippen molar-refractivity contribution in [2.45, 2.75) is 26.3 Å². The summed E-state index contributed by atoms with van der Waals surface area (Å²) in [4.78, 5) is 7.70. The van der Waals surface area contributed by atoms with Gasteiger partial charge in [-0.25, -0.2) is 4.98 Å². The Hall–Kier alpha value is -1.61. The van der Waals surface area contributed by atoms with Gasteiger partial charge >= 0.3 is 0 Å². The number of hydrogen-bond acceptors (Lipinski definition) is 2. The van der Waals surface area contributed by atoms with E-state index in [1.165, 1.54) is 0 Å². The monoisotopic (exact) mass is 229 g/mol. The van der Waals surface area contributed by atoms with Gasteiger partial charge in [-0.15, -0.1) is 0 Å². The summed E-state index contributed by atoms with van der Waals surface area (Å²) >= 11 is 0. The Morgan fingerprint density at radius 3 is 2.65 bits per heavy atom. The topological polar surface area (TPSA) is 54.7 Å². The maximum Gasteiger partial charge on any atom is 0.137 e. The van der Waals surface area contributed by atoms with Crippen molar-refractivity contribution >= 4 is 0 Å². The highest BCUT2D eigenvalue weighted by Crippen LogP contribution is 2.23. The van der Waals surface area contributed by atoms with Crippen molar-refractivity contribution in [2.24, 2.45) is 11.7 Å². The third-order valence-electron chi connectivity index (χ3n) is 3.26. The van der Waals surface area contributed by atoms with Crippen LogP contribution in [0.4, 0.5) is 0 Å². The lowest BCUT2D eigenvalue weighted by atomic mass is 9.98. The van der Waals surface area contributed by atoms with Crippen LogP contribution in [0.15, 0.2) is 36.5 Å². The van der Waals surface area contributed by atoms with Crippen LogP contribution in [0.5, 0.6) is 0 Å². The van der Waals surface area contributed by atoms with Gasteiger partial charge in [0.25, 0.3) is 0 Å². The first-order valence-corrected chi connectivity index (χ1v) is 6.08. The zero-order chi connectivity index (χ0) is 12.3. The molecule has 0 spiro atoms. The van der Waals surface area contributed by atoms with Crippen LogP contribution in [0.2, 0.25) is 0 Å². The van der Waals surface area contributed by atoms with E-state index < -0.39 is 0 Å². The van der Waals surface area contributed by atoms with E-state index in [-0.39, 0.29) is 6.04 Å². The first-order chi connectivity index (χ1) is 8.22. The molecule has 2 aromatic rings. The van der Waals surface area contributed by atoms with Gasteiger partial charge in [-0.1, -0.05) is 50.6 Å². The average Bonchev–Trinajstić information content (AvgIpc) is 2.87. The Kier molecular flexibility index (Phi) is 3.59. The number of nitrogens with zero attached hydrogens (tertiary/aromatic N) is 1. The fourth-order valence-corrected chi connectivity index (χ4v) is 1.81. The summed E-state index contributed by atoms with van der Waals surface area (Å²) in [6.45, 7) is 4.31. The zero-order valence-corrected chi connectivity index (χ0v) is 10.4. The van der Waals surface area contributed by atoms with Crippen molar-refractivity contribution in [3.63, 3.8) is 0 Å². The number of benzene rings is 1. The molecule has 17 heavy (non-hydrogen) atoms. The molecule has 0 radical (unpaired) electrons. The minimum atomic E-state index is 0.0324. The minimum absolute atomic E-state index is 0.0324. The molecule has 1 aromatic carbocycles. The molecule has 0 fully saturated rings. The molecule has 90 valence electrons. The number of aromatic nitrogens is 2. The highest BCUT2D eigenvalue weighted by atomic mass is 14.9. The van der Waals surface area contributed by atoms with Gasteiger partial charge in [-0.05, 0) is 5.92 Å². The smallest absolute Gasteiger partial charge is 0.137 e. The van der Waals surface area contributed by atoms with Gasteiger partial charge in [-0.2, -0.15) is 0 Å². The Morgan fingerprint density at radius 1 is 1.29 bits per heavy atom. The highest BCUT2D eigenvalue weighted by Gasteiger charge is 2.15. The van der Waals surface area contributed by atoms with E-state index in [0.29, 0.717) is 5.92 Å². The molecule has 2 atom stereocenters. The first-order valence-electron chi connectivity index (χ1n) is 6.08. The van der Waals surface area contributed by atoms with Crippen molar-refractivity contribution in [3.8, 4) is 11.4 Å². The molecule has 0 saturated carbocycles. The van der Waals surface area contributed by atoms with E-state index in [4.69, 9.17) is 5.73 Å². The summed E-state index contributed by atoms with van der Waals surface area (Å²) in [5.74, 6) is 1.35. The molecule has 3 N–H and O–H groups in total. The molecule has 3 nitrogen and oxygen atoms in total. The lowest BCUT2D eigenvalue weighted by molar-refractivity contribution is 0.450. The lowest BCUT2D eigenvalue weighted by Crippen LogP contribution is -2.18. The van der Waals surface area contributed by atoms with E-state index in [2.05, 4.69) is 23.8 Å². The predicted octanol–water partition coefficient (Wildman–Crippen LogP) is 3.12. The van der Waals surface area contributed by atoms with Crippen LogP contribution >= 0.6 is 0 Å². The summed E-state index contributed by atoms with van der Waals surface area (Å²) in [6.07, 6.45) is 2.92. The quantitative estimate of drug-likeness (QED) is 0.846. The SMILES string of the molecule is CCC(C)[C@H](N)c1cnc(-c2ccccc2)[nH]1. The molecule has 0 aliphatic heterocycles. The maximum atomic E-state index is 6.17. The lowest BCUT2D eigenvalue weighted by Gasteiger charge is -2.16. The number of rotatable bonds is 4. The molecular formula is C14H19N3. The van der Waals surface area contributed by atoms with Crippen LogP contribution in [0.1, 0.15) is 32.0 Å². The van der Waals surface area contributed by atoms with Crippen molar-refractivity contribution < 1.29 is 0 Å². The fourth-order valence-electron chi connectivity index (χ4n) is 1.81. The third kappa shape index (κ3) is 2.56. The van der Waals surface area contributed by atoms with Crippen LogP contribution in [-0.4, -0.2) is 9.97 Å². The Labute approximate surface area is 102 Å². The number of imidazole rings is 1. The average molecular weight is 229 g/mol. The summed E-state index contributed by atoms with van der Waals surface area (Å²) in [6, 6.07) is 10.1. The maximum absolute atomic E-state index is 6.17. The van der Waals surface area contributed by atoms with Crippen LogP contribution in [0, 0.1) is 5.92 Å². The van der Waals surface area contributed by atoms with E-state index in [1.807, 2.05) is 36.5 Å². The first kappa shape index (κ1) is 11.9. The standard InChI is InChI=1S/C14H19N3/c1-3-10(2)13(15)12-9-16-14(17-12)11-7-5-4-6-8-11/h4-10,13H,3,15H2,1-2H3,(H,16,17)/t10?,13-/m0/s1. The van der Waals surface area contributed by atoms with Gasteiger partial charge in [0.15, 0.2) is 0 Å². The van der Waals surface area contributed by atoms with Crippen molar-refractivity contribution in [1.29, 1.82) is 0 Å². The molecule has 0 saturated heterocycles. The molecular weight excluding hydrogens is 210 g/mol. The van der Waals surface area contributed by atoms with Gasteiger partial charge in [0.1, 0.15) is 5.82 Å². The summed E-state index contributed by atoms with van der Waals surface area (Å²) in [7, 11) is 0. The van der Waals surface area contributed by atoms with Crippen LogP contribution in [-0.2, 0) is 0 Å². The third-order valence-corrected chi connectivity index (χ3v) is 3.26. The highest BCUT2D eigenvalue weighted by molar-refractivity contribution is 5.54. The molecule has 0 aliphatic rings. The number of nitrogens with one attached hydrogen (secondary N) is 1. The van der Waals surface area contributed by atoms with Gasteiger partial charge in [0.2, 0.25) is 0 Å². The van der Waals surface area contributed by atoms with Gasteiger partial charge in [-0.3, -0.25) is 0 Å². The normalized spacial score (nSPS) is 14.5. The van der Waals surface area contributed by atoms with E-state index in [9.17, 15) is 0 Å². The Bertz CT molecular complexity index is 461. The van der Waals surface area contributed by atoms with Crippen LogP contribution in [0.25, 0.3) is 11.4 Å². The fraction of sp³-hybridized carbons (Fsp3) is 0.357. The summed E-state index contributed by atoms with van der Waals surface area (Å²) in [5, 5.41) is 0. The number of aromatic amines is 1. The second kappa shape index (κ2) is 5.15. The van der Waals surface area contributed by atoms with E-state index >= 15 is 0 Å². The number of H-pyrrole nitrogens is 1. The summed E-state index contributed by atoms with van der Waals surface area (Å²) in [5.41, 5.74) is 8.27. The number of hydrogen-bond donors (Lipinski definition) is 2. The van der Waals surface area contributed by atoms with E-state index in [0.717, 1.165) is 23.5 Å². The van der Waals surface area contributed by atoms with Crippen molar-refractivity contribution in [3.05, 3.63) is 42.2 Å². The van der Waals surface area contributed by atoms with Gasteiger partial charge in [0.05, 0.1) is 11.9 Å². The molecule has 0 aliphatic carbocycles. The van der Waals surface area contributed by atoms with Crippen LogP contribution in [0.3, 0.4) is 0 Å². The molecule has 1 unspecified atom stereocenters. The number of nitrogens with two attached hydrogens (primary N) is 1. The molecule has 1 aromatic heterocycles. The second-order valence-corrected chi connectivity index (χ2v) is 4.46. The summed E-state index contributed by atoms with van der Waals surface area (Å²) < 4.78 is 0. The molecule has 0 amide bonds. The Morgan fingerprint density at radius 2 is 2.00 bits per heavy atom. The molecule has 0 bridgehead atoms. The second-order valence-electron chi connectivity index (χ2n) is 4.46. The molecule has 2 rings (SSSR count). The Balaban J connectivity index is 2.22. The molecule has 1 heterocycles. The van der Waals surface area contributed by atoms with Crippen molar-refractivity contribution in [2.75, 3.05) is 0 Å². The predicted molar refractivity (Wildman–Crippen MR) is 70.4 cm³/mol. The van der Waals surface area contributed by atoms with E-state index in [1.54, 1.807) is 0 Å². The largest absolute Gasteiger partial charge is 0.341 e. The van der Waals surface area contributed by atoms with Gasteiger partial charge < -0.3 is 10.7 Å². The minimum Gasteiger partial charge on any atom is -0.341 e. The molecule has 3 heteroatoms. The zero-order valence-electron chi connectivity index (χ0n) is 10.4. The van der Waals surface area contributed by atoms with Crippen LogP contribution < -0.4 is 5.73 Å². The van der Waals surface area contributed by atoms with Crippen molar-refractivity contribution in [1.82, 2.24) is 9.97 Å². The van der Waals surface area contributed by atoms with Gasteiger partial charge in [0, 0.05) is 11.6 Å².